The molecule has 0 saturated carbocycles. The molecular weight excluding hydrogens is 266 g/mol. The van der Waals surface area contributed by atoms with E-state index in [1.54, 1.807) is 0 Å². The van der Waals surface area contributed by atoms with E-state index in [1.807, 2.05) is 24.6 Å². The summed E-state index contributed by atoms with van der Waals surface area (Å²) < 4.78 is 6.98. The average Bonchev–Trinajstić information content (AvgIpc) is 2.91. The molecule has 0 spiro atoms. The Hall–Kier alpha value is -1.83. The molecule has 0 unspecified atom stereocenters. The van der Waals surface area contributed by atoms with Gasteiger partial charge in [0.25, 0.3) is 0 Å². The first-order chi connectivity index (χ1) is 9.06. The molecule has 0 fully saturated rings. The quantitative estimate of drug-likeness (QED) is 0.787. The third-order valence-electron chi connectivity index (χ3n) is 2.54. The Bertz CT molecular complexity index is 577. The van der Waals surface area contributed by atoms with E-state index < -0.39 is 0 Å². The second-order valence-electron chi connectivity index (χ2n) is 4.15. The van der Waals surface area contributed by atoms with Gasteiger partial charge in [0.05, 0.1) is 11.4 Å². The molecule has 8 heteroatoms. The molecule has 2 rings (SSSR count). The number of hydrogen-bond donors (Lipinski definition) is 1. The zero-order valence-electron chi connectivity index (χ0n) is 10.8. The van der Waals surface area contributed by atoms with Crippen molar-refractivity contribution in [3.8, 4) is 0 Å². The molecule has 0 radical (unpaired) electrons. The van der Waals surface area contributed by atoms with Crippen molar-refractivity contribution in [3.05, 3.63) is 23.3 Å². The number of carbonyl (C=O) groups excluding carboxylic acids is 1. The molecule has 2 aromatic heterocycles. The largest absolute Gasteiger partial charge is 0.370 e. The second-order valence-corrected chi connectivity index (χ2v) is 5.09. The molecule has 19 heavy (non-hydrogen) atoms. The highest BCUT2D eigenvalue weighted by molar-refractivity contribution is 7.98. The molecular formula is C11H15N5O2S. The summed E-state index contributed by atoms with van der Waals surface area (Å²) in [6, 6.07) is 1.89. The van der Waals surface area contributed by atoms with E-state index in [-0.39, 0.29) is 12.3 Å². The number of nitrogens with zero attached hydrogens (tertiary/aromatic N) is 4. The number of thioether (sulfide) groups is 1. The first kappa shape index (κ1) is 13.6. The van der Waals surface area contributed by atoms with Gasteiger partial charge in [-0.3, -0.25) is 4.79 Å². The summed E-state index contributed by atoms with van der Waals surface area (Å²) >= 11 is 1.51. The van der Waals surface area contributed by atoms with E-state index in [0.717, 1.165) is 22.4 Å². The number of hydrogen-bond acceptors (Lipinski definition) is 6. The predicted octanol–water partition coefficient (Wildman–Crippen LogP) is 0.822. The number of primary amides is 1. The molecule has 7 nitrogen and oxygen atoms in total. The van der Waals surface area contributed by atoms with Gasteiger partial charge in [-0.1, -0.05) is 16.9 Å². The van der Waals surface area contributed by atoms with Crippen LogP contribution in [0.25, 0.3) is 0 Å². The summed E-state index contributed by atoms with van der Waals surface area (Å²) in [6.45, 7) is 1.88. The fourth-order valence-electron chi connectivity index (χ4n) is 1.54. The maximum atomic E-state index is 10.7. The van der Waals surface area contributed by atoms with Crippen LogP contribution < -0.4 is 5.73 Å². The first-order valence-electron chi connectivity index (χ1n) is 5.78. The van der Waals surface area contributed by atoms with Gasteiger partial charge in [-0.25, -0.2) is 0 Å². The molecule has 0 aliphatic rings. The van der Waals surface area contributed by atoms with Crippen LogP contribution in [0.5, 0.6) is 0 Å². The Balaban J connectivity index is 1.95. The third-order valence-corrected chi connectivity index (χ3v) is 3.58. The molecule has 1 amide bonds. The lowest BCUT2D eigenvalue weighted by Gasteiger charge is -2.01. The van der Waals surface area contributed by atoms with Gasteiger partial charge in [-0.2, -0.15) is 0 Å². The van der Waals surface area contributed by atoms with E-state index in [2.05, 4.69) is 15.4 Å². The Kier molecular flexibility index (Phi) is 4.20. The van der Waals surface area contributed by atoms with Crippen molar-refractivity contribution >= 4 is 17.7 Å². The first-order valence-corrected chi connectivity index (χ1v) is 6.76. The van der Waals surface area contributed by atoms with Crippen LogP contribution >= 0.6 is 11.8 Å². The van der Waals surface area contributed by atoms with E-state index in [0.29, 0.717) is 12.2 Å². The lowest BCUT2D eigenvalue weighted by atomic mass is 10.3. The molecule has 2 heterocycles. The molecule has 0 aliphatic carbocycles. The minimum atomic E-state index is -0.339. The average molecular weight is 281 g/mol. The van der Waals surface area contributed by atoms with Crippen molar-refractivity contribution in [2.24, 2.45) is 12.8 Å². The van der Waals surface area contributed by atoms with Crippen molar-refractivity contribution in [1.82, 2.24) is 19.9 Å². The van der Waals surface area contributed by atoms with Gasteiger partial charge in [0.2, 0.25) is 5.91 Å². The fraction of sp³-hybridized carbons (Fsp3) is 0.455. The highest BCUT2D eigenvalue weighted by Gasteiger charge is 2.11. The topological polar surface area (TPSA) is 99.8 Å². The van der Waals surface area contributed by atoms with Crippen molar-refractivity contribution in [2.45, 2.75) is 30.7 Å². The van der Waals surface area contributed by atoms with Crippen LogP contribution in [-0.4, -0.2) is 25.8 Å². The molecule has 0 saturated heterocycles. The number of carbonyl (C=O) groups is 1. The second kappa shape index (κ2) is 5.87. The van der Waals surface area contributed by atoms with Crippen LogP contribution in [0, 0.1) is 6.92 Å². The van der Waals surface area contributed by atoms with Gasteiger partial charge >= 0.3 is 0 Å². The van der Waals surface area contributed by atoms with Crippen LogP contribution in [0.3, 0.4) is 0 Å². The molecule has 0 atom stereocenters. The smallest absolute Gasteiger partial charge is 0.217 e. The molecule has 2 aromatic rings. The summed E-state index contributed by atoms with van der Waals surface area (Å²) in [5, 5.41) is 12.7. The number of nitrogens with two attached hydrogens (primary N) is 1. The summed E-state index contributed by atoms with van der Waals surface area (Å²) in [5.41, 5.74) is 5.97. The summed E-state index contributed by atoms with van der Waals surface area (Å²) in [5.74, 6) is 1.84. The van der Waals surface area contributed by atoms with E-state index in [1.165, 1.54) is 11.8 Å². The number of aryl methyl sites for hydroxylation is 2. The van der Waals surface area contributed by atoms with Gasteiger partial charge in [0, 0.05) is 26.0 Å². The summed E-state index contributed by atoms with van der Waals surface area (Å²) in [4.78, 5) is 10.7. The van der Waals surface area contributed by atoms with Crippen LogP contribution in [0.4, 0.5) is 0 Å². The van der Waals surface area contributed by atoms with E-state index in [4.69, 9.17) is 10.3 Å². The highest BCUT2D eigenvalue weighted by atomic mass is 32.2. The molecule has 2 N–H and O–H groups in total. The van der Waals surface area contributed by atoms with Crippen molar-refractivity contribution in [1.29, 1.82) is 0 Å². The molecule has 102 valence electrons. The van der Waals surface area contributed by atoms with E-state index in [9.17, 15) is 4.79 Å². The van der Waals surface area contributed by atoms with Crippen LogP contribution in [0.1, 0.15) is 23.7 Å². The zero-order chi connectivity index (χ0) is 13.8. The monoisotopic (exact) mass is 281 g/mol. The SMILES string of the molecule is Cc1cc(CSc2nnc(CCC(N)=O)n2C)on1. The highest BCUT2D eigenvalue weighted by Crippen LogP contribution is 2.21. The van der Waals surface area contributed by atoms with Crippen LogP contribution in [0.2, 0.25) is 0 Å². The van der Waals surface area contributed by atoms with Gasteiger partial charge in [-0.05, 0) is 6.92 Å². The summed E-state index contributed by atoms with van der Waals surface area (Å²) in [6.07, 6.45) is 0.777. The Morgan fingerprint density at radius 3 is 2.95 bits per heavy atom. The minimum absolute atomic E-state index is 0.276. The van der Waals surface area contributed by atoms with Gasteiger partial charge in [0.15, 0.2) is 5.16 Å². The number of aromatic nitrogens is 4. The van der Waals surface area contributed by atoms with Gasteiger partial charge in [0.1, 0.15) is 11.6 Å². The third kappa shape index (κ3) is 3.57. The lowest BCUT2D eigenvalue weighted by Crippen LogP contribution is -2.12. The van der Waals surface area contributed by atoms with Gasteiger partial charge in [-0.15, -0.1) is 10.2 Å². The predicted molar refractivity (Wildman–Crippen MR) is 69.3 cm³/mol. The fourth-order valence-corrected chi connectivity index (χ4v) is 2.35. The van der Waals surface area contributed by atoms with Crippen molar-refractivity contribution in [2.75, 3.05) is 0 Å². The Morgan fingerprint density at radius 1 is 1.53 bits per heavy atom. The lowest BCUT2D eigenvalue weighted by molar-refractivity contribution is -0.118. The standard InChI is InChI=1S/C11H15N5O2S/c1-7-5-8(18-15-7)6-19-11-14-13-10(16(11)2)4-3-9(12)17/h5H,3-4,6H2,1-2H3,(H2,12,17). The van der Waals surface area contributed by atoms with Crippen LogP contribution in [-0.2, 0) is 24.0 Å². The molecule has 0 bridgehead atoms. The van der Waals surface area contributed by atoms with Crippen molar-refractivity contribution in [3.63, 3.8) is 0 Å². The van der Waals surface area contributed by atoms with Crippen molar-refractivity contribution < 1.29 is 9.32 Å². The van der Waals surface area contributed by atoms with E-state index >= 15 is 0 Å². The zero-order valence-corrected chi connectivity index (χ0v) is 11.6. The number of rotatable bonds is 6. The minimum Gasteiger partial charge on any atom is -0.370 e. The number of amides is 1. The Morgan fingerprint density at radius 2 is 2.32 bits per heavy atom. The Labute approximate surface area is 114 Å². The normalized spacial score (nSPS) is 10.8. The van der Waals surface area contributed by atoms with Gasteiger partial charge < -0.3 is 14.8 Å². The van der Waals surface area contributed by atoms with Crippen LogP contribution in [0.15, 0.2) is 15.7 Å². The molecule has 0 aliphatic heterocycles. The summed E-state index contributed by atoms with van der Waals surface area (Å²) in [7, 11) is 1.87. The maximum absolute atomic E-state index is 10.7. The molecule has 0 aromatic carbocycles. The maximum Gasteiger partial charge on any atom is 0.217 e.